The van der Waals surface area contributed by atoms with Crippen LogP contribution in [0.4, 0.5) is 10.2 Å². The minimum absolute atomic E-state index is 0.264. The third-order valence-corrected chi connectivity index (χ3v) is 7.26. The molecule has 1 aliphatic rings. The summed E-state index contributed by atoms with van der Waals surface area (Å²) in [5.41, 5.74) is 11.4. The van der Waals surface area contributed by atoms with Crippen molar-refractivity contribution in [1.82, 2.24) is 29.8 Å². The van der Waals surface area contributed by atoms with Gasteiger partial charge in [0.15, 0.2) is 11.6 Å². The van der Waals surface area contributed by atoms with E-state index in [1.165, 1.54) is 16.9 Å². The van der Waals surface area contributed by atoms with Gasteiger partial charge in [-0.25, -0.2) is 9.37 Å². The summed E-state index contributed by atoms with van der Waals surface area (Å²) >= 11 is 1.96. The van der Waals surface area contributed by atoms with E-state index < -0.39 is 6.10 Å². The van der Waals surface area contributed by atoms with Crippen LogP contribution in [-0.4, -0.2) is 41.3 Å². The summed E-state index contributed by atoms with van der Waals surface area (Å²) in [4.78, 5) is 5.83. The number of halogens is 1. The number of nitrogen functional groups attached to an aromatic ring is 1. The molecule has 5 rings (SSSR count). The monoisotopic (exact) mass is 479 g/mol. The highest BCUT2D eigenvalue weighted by atomic mass is 32.2. The van der Waals surface area contributed by atoms with Gasteiger partial charge < -0.3 is 10.5 Å². The highest BCUT2D eigenvalue weighted by Crippen LogP contribution is 2.37. The Bertz CT molecular complexity index is 1320. The zero-order valence-electron chi connectivity index (χ0n) is 19.3. The Morgan fingerprint density at radius 1 is 1.21 bits per heavy atom. The zero-order chi connectivity index (χ0) is 23.8. The number of aryl methyl sites for hydroxylation is 1. The van der Waals surface area contributed by atoms with Crippen LogP contribution in [0.1, 0.15) is 42.4 Å². The summed E-state index contributed by atoms with van der Waals surface area (Å²) in [5.74, 6) is 2.56. The van der Waals surface area contributed by atoms with E-state index in [9.17, 15) is 4.39 Å². The predicted molar refractivity (Wildman–Crippen MR) is 131 cm³/mol. The number of nitrogens with zero attached hydrogens (tertiary/aromatic N) is 6. The van der Waals surface area contributed by atoms with Crippen molar-refractivity contribution in [2.24, 2.45) is 0 Å². The van der Waals surface area contributed by atoms with Gasteiger partial charge in [0.25, 0.3) is 0 Å². The lowest BCUT2D eigenvalue weighted by molar-refractivity contribution is 0.226. The fourth-order valence-corrected chi connectivity index (χ4v) is 5.65. The molecule has 0 bridgehead atoms. The van der Waals surface area contributed by atoms with Crippen LogP contribution in [0.25, 0.3) is 16.8 Å². The van der Waals surface area contributed by atoms with Gasteiger partial charge in [0.2, 0.25) is 0 Å². The van der Waals surface area contributed by atoms with Crippen molar-refractivity contribution in [3.63, 3.8) is 0 Å². The number of benzene rings is 1. The van der Waals surface area contributed by atoms with Gasteiger partial charge in [-0.2, -0.15) is 31.9 Å². The van der Waals surface area contributed by atoms with Gasteiger partial charge in [0.05, 0.1) is 29.8 Å². The van der Waals surface area contributed by atoms with Crippen LogP contribution in [0.5, 0.6) is 5.75 Å². The van der Waals surface area contributed by atoms with Crippen molar-refractivity contribution in [3.05, 3.63) is 65.6 Å². The molecule has 0 saturated carbocycles. The molecule has 0 spiro atoms. The lowest BCUT2D eigenvalue weighted by Crippen LogP contribution is -2.12. The van der Waals surface area contributed by atoms with Gasteiger partial charge in [0.1, 0.15) is 11.9 Å². The van der Waals surface area contributed by atoms with E-state index in [0.717, 1.165) is 40.4 Å². The molecular formula is C24H26FN7OS. The van der Waals surface area contributed by atoms with Crippen LogP contribution in [-0.2, 0) is 0 Å². The average Bonchev–Trinajstić information content (AvgIpc) is 3.58. The number of anilines is 1. The second-order valence-electron chi connectivity index (χ2n) is 8.40. The summed E-state index contributed by atoms with van der Waals surface area (Å²) in [5, 5.41) is 13.2. The maximum Gasteiger partial charge on any atom is 0.166 e. The number of hydrogen-bond acceptors (Lipinski definition) is 7. The van der Waals surface area contributed by atoms with Crippen LogP contribution in [0, 0.1) is 19.7 Å². The molecule has 2 N–H and O–H groups in total. The second kappa shape index (κ2) is 9.09. The third kappa shape index (κ3) is 4.13. The minimum Gasteiger partial charge on any atom is -0.482 e. The molecule has 1 aromatic carbocycles. The fraction of sp³-hybridized carbons (Fsp3) is 0.333. The molecule has 1 aliphatic heterocycles. The Balaban J connectivity index is 1.48. The van der Waals surface area contributed by atoms with Crippen LogP contribution in [0.15, 0.2) is 42.9 Å². The van der Waals surface area contributed by atoms with Crippen LogP contribution >= 0.6 is 11.8 Å². The molecule has 0 aliphatic carbocycles. The largest absolute Gasteiger partial charge is 0.482 e. The zero-order valence-corrected chi connectivity index (χ0v) is 20.1. The first-order valence-electron chi connectivity index (χ1n) is 11.1. The van der Waals surface area contributed by atoms with Crippen molar-refractivity contribution in [2.75, 3.05) is 17.2 Å². The van der Waals surface area contributed by atoms with Crippen molar-refractivity contribution < 1.29 is 9.13 Å². The summed E-state index contributed by atoms with van der Waals surface area (Å²) in [7, 11) is 0. The van der Waals surface area contributed by atoms with E-state index in [2.05, 4.69) is 26.8 Å². The molecule has 10 heteroatoms. The Hall–Kier alpha value is -3.40. The lowest BCUT2D eigenvalue weighted by Gasteiger charge is -2.19. The molecule has 8 nitrogen and oxygen atoms in total. The van der Waals surface area contributed by atoms with Crippen LogP contribution in [0.3, 0.4) is 0 Å². The SMILES string of the molecule is Cc1nn(C2CCSC2)c(C)c1-c1cnc(N)c(OC(C)c2cc(F)ccc2-n2nccn2)c1. The molecule has 4 heterocycles. The van der Waals surface area contributed by atoms with E-state index >= 15 is 0 Å². The summed E-state index contributed by atoms with van der Waals surface area (Å²) in [6.07, 6.45) is 5.48. The van der Waals surface area contributed by atoms with Gasteiger partial charge in [-0.3, -0.25) is 4.68 Å². The van der Waals surface area contributed by atoms with Crippen molar-refractivity contribution in [2.45, 2.75) is 39.3 Å². The number of ether oxygens (including phenoxy) is 1. The maximum atomic E-state index is 14.1. The van der Waals surface area contributed by atoms with Gasteiger partial charge >= 0.3 is 0 Å². The number of rotatable bonds is 6. The summed E-state index contributed by atoms with van der Waals surface area (Å²) in [6, 6.07) is 6.73. The van der Waals surface area contributed by atoms with E-state index in [0.29, 0.717) is 23.0 Å². The Labute approximate surface area is 201 Å². The average molecular weight is 480 g/mol. The normalized spacial score (nSPS) is 16.6. The molecule has 1 fully saturated rings. The summed E-state index contributed by atoms with van der Waals surface area (Å²) in [6.45, 7) is 5.94. The van der Waals surface area contributed by atoms with Crippen molar-refractivity contribution in [3.8, 4) is 22.6 Å². The number of hydrogen-bond donors (Lipinski definition) is 1. The van der Waals surface area contributed by atoms with Gasteiger partial charge in [-0.15, -0.1) is 0 Å². The number of thioether (sulfide) groups is 1. The van der Waals surface area contributed by atoms with E-state index in [4.69, 9.17) is 15.6 Å². The first kappa shape index (κ1) is 22.4. The predicted octanol–water partition coefficient (Wildman–Crippen LogP) is 4.68. The van der Waals surface area contributed by atoms with Gasteiger partial charge in [-0.1, -0.05) is 0 Å². The number of pyridine rings is 1. The Morgan fingerprint density at radius 3 is 2.74 bits per heavy atom. The Morgan fingerprint density at radius 2 is 2.00 bits per heavy atom. The number of nitrogens with two attached hydrogens (primary N) is 1. The molecule has 1 saturated heterocycles. The van der Waals surface area contributed by atoms with Crippen molar-refractivity contribution >= 4 is 17.6 Å². The number of aromatic nitrogens is 6. The molecule has 34 heavy (non-hydrogen) atoms. The highest BCUT2D eigenvalue weighted by Gasteiger charge is 2.24. The minimum atomic E-state index is -0.531. The molecule has 4 aromatic rings. The molecular weight excluding hydrogens is 453 g/mol. The van der Waals surface area contributed by atoms with Crippen LogP contribution in [0.2, 0.25) is 0 Å². The first-order chi connectivity index (χ1) is 16.4. The van der Waals surface area contributed by atoms with Gasteiger partial charge in [-0.05, 0) is 57.2 Å². The van der Waals surface area contributed by atoms with Crippen LogP contribution < -0.4 is 10.5 Å². The molecule has 3 aromatic heterocycles. The highest BCUT2D eigenvalue weighted by molar-refractivity contribution is 7.99. The molecule has 0 radical (unpaired) electrons. The quantitative estimate of drug-likeness (QED) is 0.429. The molecule has 2 unspecified atom stereocenters. The van der Waals surface area contributed by atoms with E-state index in [-0.39, 0.29) is 11.6 Å². The van der Waals surface area contributed by atoms with Gasteiger partial charge in [0, 0.05) is 34.3 Å². The summed E-state index contributed by atoms with van der Waals surface area (Å²) < 4.78 is 22.5. The third-order valence-electron chi connectivity index (χ3n) is 6.11. The van der Waals surface area contributed by atoms with E-state index in [1.807, 2.05) is 31.7 Å². The fourth-order valence-electron chi connectivity index (χ4n) is 4.46. The molecule has 176 valence electrons. The second-order valence-corrected chi connectivity index (χ2v) is 9.55. The first-order valence-corrected chi connectivity index (χ1v) is 12.3. The topological polar surface area (TPSA) is 96.7 Å². The molecule has 0 amide bonds. The van der Waals surface area contributed by atoms with E-state index in [1.54, 1.807) is 24.7 Å². The molecule has 2 atom stereocenters. The van der Waals surface area contributed by atoms with Crippen molar-refractivity contribution in [1.29, 1.82) is 0 Å². The standard InChI is InChI=1S/C24H26FN7OS/c1-14-23(15(2)31(30-14)19-6-9-34-13-19)17-10-22(24(26)27-12-17)33-16(3)20-11-18(25)4-5-21(20)32-28-7-8-29-32/h4-5,7-8,10-12,16,19H,6,9,13H2,1-3H3,(H2,26,27). The Kier molecular flexibility index (Phi) is 5.99. The maximum absolute atomic E-state index is 14.1. The smallest absolute Gasteiger partial charge is 0.166 e. The lowest BCUT2D eigenvalue weighted by atomic mass is 10.0.